The number of aromatic nitrogens is 3. The molecular formula is C20H23N3O2. The third-order valence-electron chi connectivity index (χ3n) is 4.83. The predicted molar refractivity (Wildman–Crippen MR) is 97.2 cm³/mol. The van der Waals surface area contributed by atoms with Crippen LogP contribution in [0.25, 0.3) is 16.9 Å². The van der Waals surface area contributed by atoms with Gasteiger partial charge in [0.1, 0.15) is 0 Å². The van der Waals surface area contributed by atoms with Crippen LogP contribution in [0.2, 0.25) is 0 Å². The van der Waals surface area contributed by atoms with Gasteiger partial charge in [-0.15, -0.1) is 0 Å². The summed E-state index contributed by atoms with van der Waals surface area (Å²) < 4.78 is 13.6. The minimum absolute atomic E-state index is 0.290. The van der Waals surface area contributed by atoms with Gasteiger partial charge < -0.3 is 9.47 Å². The molecule has 0 aliphatic heterocycles. The number of benzene rings is 1. The Morgan fingerprint density at radius 2 is 1.96 bits per heavy atom. The second kappa shape index (κ2) is 6.75. The lowest BCUT2D eigenvalue weighted by Gasteiger charge is -2.17. The van der Waals surface area contributed by atoms with Gasteiger partial charge in [0.25, 0.3) is 0 Å². The average Bonchev–Trinajstić information content (AvgIpc) is 3.30. The van der Waals surface area contributed by atoms with Gasteiger partial charge in [0.05, 0.1) is 24.6 Å². The lowest BCUT2D eigenvalue weighted by molar-refractivity contribution is 0.201. The molecule has 0 saturated heterocycles. The molecule has 1 aliphatic rings. The average molecular weight is 337 g/mol. The van der Waals surface area contributed by atoms with E-state index >= 15 is 0 Å². The van der Waals surface area contributed by atoms with E-state index in [1.807, 2.05) is 35.0 Å². The van der Waals surface area contributed by atoms with E-state index in [-0.39, 0.29) is 6.10 Å². The normalized spacial score (nSPS) is 15.0. The summed E-state index contributed by atoms with van der Waals surface area (Å²) in [5.41, 5.74) is 3.95. The van der Waals surface area contributed by atoms with Gasteiger partial charge in [-0.25, -0.2) is 9.50 Å². The highest BCUT2D eigenvalue weighted by Crippen LogP contribution is 2.35. The largest absolute Gasteiger partial charge is 0.493 e. The lowest BCUT2D eigenvalue weighted by atomic mass is 10.1. The zero-order valence-electron chi connectivity index (χ0n) is 14.7. The summed E-state index contributed by atoms with van der Waals surface area (Å²) >= 11 is 0. The van der Waals surface area contributed by atoms with Gasteiger partial charge in [-0.2, -0.15) is 5.10 Å². The zero-order chi connectivity index (χ0) is 17.2. The van der Waals surface area contributed by atoms with Gasteiger partial charge in [0.2, 0.25) is 0 Å². The first-order chi connectivity index (χ1) is 12.3. The second-order valence-corrected chi connectivity index (χ2v) is 6.48. The van der Waals surface area contributed by atoms with Crippen LogP contribution in [0.5, 0.6) is 11.5 Å². The molecule has 25 heavy (non-hydrogen) atoms. The maximum Gasteiger partial charge on any atom is 0.162 e. The van der Waals surface area contributed by atoms with Crippen LogP contribution >= 0.6 is 0 Å². The maximum atomic E-state index is 6.23. The van der Waals surface area contributed by atoms with Crippen molar-refractivity contribution < 1.29 is 9.47 Å². The molecule has 0 atom stereocenters. The number of hydrogen-bond donors (Lipinski definition) is 0. The van der Waals surface area contributed by atoms with Crippen molar-refractivity contribution in [1.29, 1.82) is 0 Å². The van der Waals surface area contributed by atoms with Crippen molar-refractivity contribution in [2.24, 2.45) is 0 Å². The van der Waals surface area contributed by atoms with Gasteiger partial charge in [-0.05, 0) is 56.4 Å². The van der Waals surface area contributed by atoms with Crippen LogP contribution in [-0.4, -0.2) is 27.8 Å². The molecule has 130 valence electrons. The van der Waals surface area contributed by atoms with Gasteiger partial charge in [-0.1, -0.05) is 6.92 Å². The number of nitrogens with zero attached hydrogens (tertiary/aromatic N) is 3. The maximum absolute atomic E-state index is 6.23. The first-order valence-corrected chi connectivity index (χ1v) is 8.97. The fourth-order valence-electron chi connectivity index (χ4n) is 3.45. The fourth-order valence-corrected chi connectivity index (χ4v) is 3.45. The summed E-state index contributed by atoms with van der Waals surface area (Å²) in [4.78, 5) is 4.42. The minimum atomic E-state index is 0.290. The van der Waals surface area contributed by atoms with Gasteiger partial charge in [0.15, 0.2) is 17.1 Å². The smallest absolute Gasteiger partial charge is 0.162 e. The number of ether oxygens (including phenoxy) is 2. The van der Waals surface area contributed by atoms with Crippen molar-refractivity contribution in [3.05, 3.63) is 42.2 Å². The van der Waals surface area contributed by atoms with Crippen LogP contribution < -0.4 is 9.47 Å². The van der Waals surface area contributed by atoms with Crippen LogP contribution in [0.15, 0.2) is 36.5 Å². The van der Waals surface area contributed by atoms with E-state index in [1.54, 1.807) is 7.11 Å². The van der Waals surface area contributed by atoms with E-state index in [1.165, 1.54) is 12.8 Å². The van der Waals surface area contributed by atoms with Gasteiger partial charge in [0, 0.05) is 17.8 Å². The number of aryl methyl sites for hydroxylation is 1. The molecule has 0 unspecified atom stereocenters. The quantitative estimate of drug-likeness (QED) is 0.697. The molecule has 0 spiro atoms. The van der Waals surface area contributed by atoms with E-state index in [2.05, 4.69) is 23.1 Å². The molecule has 0 N–H and O–H groups in total. The Balaban J connectivity index is 1.76. The highest BCUT2D eigenvalue weighted by atomic mass is 16.5. The molecule has 1 saturated carbocycles. The van der Waals surface area contributed by atoms with E-state index in [0.29, 0.717) is 0 Å². The Kier molecular flexibility index (Phi) is 4.30. The number of fused-ring (bicyclic) bond motifs is 1. The summed E-state index contributed by atoms with van der Waals surface area (Å²) in [5.74, 6) is 1.58. The fraction of sp³-hybridized carbons (Fsp3) is 0.400. The molecule has 5 nitrogen and oxygen atoms in total. The highest BCUT2D eigenvalue weighted by molar-refractivity contribution is 5.66. The van der Waals surface area contributed by atoms with Crippen molar-refractivity contribution in [3.8, 4) is 22.8 Å². The molecule has 1 aliphatic carbocycles. The third kappa shape index (κ3) is 3.06. The van der Waals surface area contributed by atoms with E-state index < -0.39 is 0 Å². The monoisotopic (exact) mass is 337 g/mol. The summed E-state index contributed by atoms with van der Waals surface area (Å²) in [6.45, 7) is 2.10. The number of hydrogen-bond acceptors (Lipinski definition) is 4. The molecule has 1 fully saturated rings. The Hall–Kier alpha value is -2.56. The van der Waals surface area contributed by atoms with Crippen LogP contribution in [0.1, 0.15) is 38.3 Å². The Morgan fingerprint density at radius 1 is 1.12 bits per heavy atom. The van der Waals surface area contributed by atoms with Crippen LogP contribution in [0.3, 0.4) is 0 Å². The Labute approximate surface area is 147 Å². The van der Waals surface area contributed by atoms with Crippen molar-refractivity contribution in [2.45, 2.75) is 45.1 Å². The van der Waals surface area contributed by atoms with Gasteiger partial charge >= 0.3 is 0 Å². The van der Waals surface area contributed by atoms with Crippen LogP contribution in [-0.2, 0) is 6.42 Å². The molecular weight excluding hydrogens is 314 g/mol. The van der Waals surface area contributed by atoms with Crippen molar-refractivity contribution in [1.82, 2.24) is 14.6 Å². The van der Waals surface area contributed by atoms with Gasteiger partial charge in [-0.3, -0.25) is 0 Å². The third-order valence-corrected chi connectivity index (χ3v) is 4.83. The first kappa shape index (κ1) is 15.9. The Bertz CT molecular complexity index is 882. The molecule has 0 radical (unpaired) electrons. The molecule has 0 bridgehead atoms. The highest BCUT2D eigenvalue weighted by Gasteiger charge is 2.19. The summed E-state index contributed by atoms with van der Waals surface area (Å²) in [6, 6.07) is 10.1. The zero-order valence-corrected chi connectivity index (χ0v) is 14.7. The molecule has 3 aromatic rings. The lowest BCUT2D eigenvalue weighted by Crippen LogP contribution is -2.11. The standard InChI is InChI=1S/C20H23N3O2/c1-3-15-13-20-21-11-10-17(23(20)22-15)14-8-9-18(24-2)19(12-14)25-16-6-4-5-7-16/h8-13,16H,3-7H2,1-2H3. The molecule has 0 amide bonds. The SMILES string of the molecule is CCc1cc2nccc(-c3ccc(OC)c(OC4CCCC4)c3)n2n1. The van der Waals surface area contributed by atoms with Crippen molar-refractivity contribution >= 4 is 5.65 Å². The van der Waals surface area contributed by atoms with E-state index in [4.69, 9.17) is 9.47 Å². The number of rotatable bonds is 5. The molecule has 4 rings (SSSR count). The predicted octanol–water partition coefficient (Wildman–Crippen LogP) is 4.29. The number of methoxy groups -OCH3 is 1. The topological polar surface area (TPSA) is 48.7 Å². The summed E-state index contributed by atoms with van der Waals surface area (Å²) in [7, 11) is 1.68. The van der Waals surface area contributed by atoms with Crippen molar-refractivity contribution in [3.63, 3.8) is 0 Å². The van der Waals surface area contributed by atoms with E-state index in [9.17, 15) is 0 Å². The van der Waals surface area contributed by atoms with Crippen molar-refractivity contribution in [2.75, 3.05) is 7.11 Å². The molecule has 2 aromatic heterocycles. The van der Waals surface area contributed by atoms with Crippen LogP contribution in [0, 0.1) is 0 Å². The minimum Gasteiger partial charge on any atom is -0.493 e. The second-order valence-electron chi connectivity index (χ2n) is 6.48. The molecule has 5 heteroatoms. The molecule has 2 heterocycles. The molecule has 1 aromatic carbocycles. The van der Waals surface area contributed by atoms with Crippen LogP contribution in [0.4, 0.5) is 0 Å². The van der Waals surface area contributed by atoms with E-state index in [0.717, 1.165) is 53.4 Å². The summed E-state index contributed by atoms with van der Waals surface area (Å²) in [5, 5.41) is 4.67. The summed E-state index contributed by atoms with van der Waals surface area (Å²) in [6.07, 6.45) is 7.72. The Morgan fingerprint density at radius 3 is 2.72 bits per heavy atom. The first-order valence-electron chi connectivity index (χ1n) is 8.97.